The first-order valence-corrected chi connectivity index (χ1v) is 5.55. The standard InChI is InChI=1S/C14H8ClNO2/c15-13-8-12(7-6-11(13)9-16)18-14(17)10-4-2-1-3-5-10/h1-8H. The Bertz CT molecular complexity index is 617. The van der Waals surface area contributed by atoms with Crippen LogP contribution in [0.5, 0.6) is 5.75 Å². The molecule has 0 spiro atoms. The fourth-order valence-electron chi connectivity index (χ4n) is 1.39. The van der Waals surface area contributed by atoms with Gasteiger partial charge in [0, 0.05) is 6.07 Å². The van der Waals surface area contributed by atoms with Crippen LogP contribution in [0.25, 0.3) is 0 Å². The van der Waals surface area contributed by atoms with Crippen LogP contribution in [0, 0.1) is 11.3 Å². The van der Waals surface area contributed by atoms with E-state index in [1.165, 1.54) is 18.2 Å². The number of benzene rings is 2. The Morgan fingerprint density at radius 3 is 2.50 bits per heavy atom. The summed E-state index contributed by atoms with van der Waals surface area (Å²) in [6.45, 7) is 0. The Labute approximate surface area is 109 Å². The predicted molar refractivity (Wildman–Crippen MR) is 67.6 cm³/mol. The minimum atomic E-state index is -0.462. The molecule has 0 heterocycles. The number of carbonyl (C=O) groups excluding carboxylic acids is 1. The molecule has 0 bridgehead atoms. The summed E-state index contributed by atoms with van der Waals surface area (Å²) in [4.78, 5) is 11.7. The minimum absolute atomic E-state index is 0.260. The van der Waals surface area contributed by atoms with Crippen LogP contribution in [0.1, 0.15) is 15.9 Å². The van der Waals surface area contributed by atoms with Crippen molar-refractivity contribution in [3.63, 3.8) is 0 Å². The largest absolute Gasteiger partial charge is 0.423 e. The van der Waals surface area contributed by atoms with Crippen LogP contribution in [0.4, 0.5) is 0 Å². The number of nitriles is 1. The second kappa shape index (κ2) is 5.35. The molecule has 0 saturated heterocycles. The third-order valence-electron chi connectivity index (χ3n) is 2.28. The molecule has 0 unspecified atom stereocenters. The van der Waals surface area contributed by atoms with Crippen molar-refractivity contribution < 1.29 is 9.53 Å². The van der Waals surface area contributed by atoms with Crippen LogP contribution in [0.3, 0.4) is 0 Å². The average Bonchev–Trinajstić information content (AvgIpc) is 2.40. The molecule has 0 amide bonds. The highest BCUT2D eigenvalue weighted by Crippen LogP contribution is 2.22. The summed E-state index contributed by atoms with van der Waals surface area (Å²) in [5.41, 5.74) is 0.800. The fourth-order valence-corrected chi connectivity index (χ4v) is 1.60. The van der Waals surface area contributed by atoms with Crippen LogP contribution in [0.2, 0.25) is 5.02 Å². The van der Waals surface area contributed by atoms with Crippen molar-refractivity contribution in [2.24, 2.45) is 0 Å². The number of nitrogens with zero attached hydrogens (tertiary/aromatic N) is 1. The van der Waals surface area contributed by atoms with Crippen molar-refractivity contribution in [3.8, 4) is 11.8 Å². The lowest BCUT2D eigenvalue weighted by Gasteiger charge is -2.05. The zero-order chi connectivity index (χ0) is 13.0. The van der Waals surface area contributed by atoms with Gasteiger partial charge in [0.15, 0.2) is 0 Å². The first-order chi connectivity index (χ1) is 8.70. The van der Waals surface area contributed by atoms with Gasteiger partial charge in [-0.2, -0.15) is 5.26 Å². The molecule has 0 saturated carbocycles. The first kappa shape index (κ1) is 12.2. The van der Waals surface area contributed by atoms with Gasteiger partial charge in [-0.15, -0.1) is 0 Å². The summed E-state index contributed by atoms with van der Waals surface area (Å²) in [5.74, 6) is -0.149. The van der Waals surface area contributed by atoms with Gasteiger partial charge in [-0.25, -0.2) is 4.79 Å². The summed E-state index contributed by atoms with van der Waals surface area (Å²) in [6.07, 6.45) is 0. The minimum Gasteiger partial charge on any atom is -0.423 e. The maximum atomic E-state index is 11.7. The third kappa shape index (κ3) is 2.68. The zero-order valence-electron chi connectivity index (χ0n) is 9.26. The van der Waals surface area contributed by atoms with Gasteiger partial charge in [-0.1, -0.05) is 29.8 Å². The highest BCUT2D eigenvalue weighted by Gasteiger charge is 2.09. The number of hydrogen-bond donors (Lipinski definition) is 0. The molecule has 0 radical (unpaired) electrons. The monoisotopic (exact) mass is 257 g/mol. The van der Waals surface area contributed by atoms with Crippen molar-refractivity contribution in [1.29, 1.82) is 5.26 Å². The van der Waals surface area contributed by atoms with E-state index in [2.05, 4.69) is 0 Å². The quantitative estimate of drug-likeness (QED) is 0.612. The van der Waals surface area contributed by atoms with Crippen LogP contribution < -0.4 is 4.74 Å². The SMILES string of the molecule is N#Cc1ccc(OC(=O)c2ccccc2)cc1Cl. The molecule has 2 rings (SSSR count). The summed E-state index contributed by atoms with van der Waals surface area (Å²) < 4.78 is 5.15. The number of esters is 1. The van der Waals surface area contributed by atoms with Crippen molar-refractivity contribution >= 4 is 17.6 Å². The van der Waals surface area contributed by atoms with Gasteiger partial charge < -0.3 is 4.74 Å². The second-order valence-corrected chi connectivity index (χ2v) is 3.92. The van der Waals surface area contributed by atoms with Gasteiger partial charge in [0.2, 0.25) is 0 Å². The van der Waals surface area contributed by atoms with Gasteiger partial charge in [0.25, 0.3) is 0 Å². The predicted octanol–water partition coefficient (Wildman–Crippen LogP) is 3.43. The molecule has 2 aromatic carbocycles. The summed E-state index contributed by atoms with van der Waals surface area (Å²) in [5, 5.41) is 8.99. The Hall–Kier alpha value is -2.31. The van der Waals surface area contributed by atoms with E-state index in [0.29, 0.717) is 16.9 Å². The molecule has 0 aliphatic heterocycles. The van der Waals surface area contributed by atoms with E-state index in [4.69, 9.17) is 21.6 Å². The highest BCUT2D eigenvalue weighted by atomic mass is 35.5. The molecule has 18 heavy (non-hydrogen) atoms. The molecule has 0 aliphatic carbocycles. The maximum Gasteiger partial charge on any atom is 0.343 e. The molecule has 88 valence electrons. The van der Waals surface area contributed by atoms with Gasteiger partial charge >= 0.3 is 5.97 Å². The number of carbonyl (C=O) groups is 1. The van der Waals surface area contributed by atoms with Gasteiger partial charge in [0.1, 0.15) is 11.8 Å². The Kier molecular flexibility index (Phi) is 3.61. The average molecular weight is 258 g/mol. The van der Waals surface area contributed by atoms with E-state index in [9.17, 15) is 4.79 Å². The zero-order valence-corrected chi connectivity index (χ0v) is 10.0. The van der Waals surface area contributed by atoms with Crippen LogP contribution in [0.15, 0.2) is 48.5 Å². The van der Waals surface area contributed by atoms with Crippen molar-refractivity contribution in [2.45, 2.75) is 0 Å². The molecule has 0 aliphatic rings. The number of hydrogen-bond acceptors (Lipinski definition) is 3. The van der Waals surface area contributed by atoms with E-state index in [0.717, 1.165) is 0 Å². The van der Waals surface area contributed by atoms with Crippen molar-refractivity contribution in [2.75, 3.05) is 0 Å². The summed E-state index contributed by atoms with van der Waals surface area (Å²) >= 11 is 5.85. The Morgan fingerprint density at radius 1 is 1.17 bits per heavy atom. The van der Waals surface area contributed by atoms with Gasteiger partial charge in [0.05, 0.1) is 16.1 Å². The van der Waals surface area contributed by atoms with Crippen molar-refractivity contribution in [1.82, 2.24) is 0 Å². The smallest absolute Gasteiger partial charge is 0.343 e. The summed E-state index contributed by atoms with van der Waals surface area (Å²) in [6, 6.07) is 15.1. The second-order valence-electron chi connectivity index (χ2n) is 3.51. The third-order valence-corrected chi connectivity index (χ3v) is 2.59. The number of rotatable bonds is 2. The van der Waals surface area contributed by atoms with E-state index in [1.54, 1.807) is 24.3 Å². The molecule has 4 heteroatoms. The van der Waals surface area contributed by atoms with Gasteiger partial charge in [-0.05, 0) is 24.3 Å². The van der Waals surface area contributed by atoms with Crippen LogP contribution in [-0.2, 0) is 0 Å². The molecule has 3 nitrogen and oxygen atoms in total. The molecule has 2 aromatic rings. The Morgan fingerprint density at radius 2 is 1.89 bits per heavy atom. The molecule has 0 fully saturated rings. The van der Waals surface area contributed by atoms with E-state index < -0.39 is 5.97 Å². The number of halogens is 1. The van der Waals surface area contributed by atoms with Crippen LogP contribution in [-0.4, -0.2) is 5.97 Å². The van der Waals surface area contributed by atoms with E-state index in [1.807, 2.05) is 12.1 Å². The molecule has 0 N–H and O–H groups in total. The van der Waals surface area contributed by atoms with Gasteiger partial charge in [-0.3, -0.25) is 0 Å². The maximum absolute atomic E-state index is 11.7. The molecule has 0 aromatic heterocycles. The summed E-state index contributed by atoms with van der Waals surface area (Å²) in [7, 11) is 0. The molecular weight excluding hydrogens is 250 g/mol. The molecule has 0 atom stereocenters. The van der Waals surface area contributed by atoms with Crippen molar-refractivity contribution in [3.05, 3.63) is 64.7 Å². The van der Waals surface area contributed by atoms with E-state index >= 15 is 0 Å². The highest BCUT2D eigenvalue weighted by molar-refractivity contribution is 6.31. The fraction of sp³-hybridized carbons (Fsp3) is 0. The van der Waals surface area contributed by atoms with E-state index in [-0.39, 0.29) is 5.02 Å². The topological polar surface area (TPSA) is 50.1 Å². The lowest BCUT2D eigenvalue weighted by molar-refractivity contribution is 0.0735. The Balaban J connectivity index is 2.18. The first-order valence-electron chi connectivity index (χ1n) is 5.17. The molecular formula is C14H8ClNO2. The normalized spacial score (nSPS) is 9.56. The van der Waals surface area contributed by atoms with Crippen LogP contribution >= 0.6 is 11.6 Å². The lowest BCUT2D eigenvalue weighted by Crippen LogP contribution is -2.08. The lowest BCUT2D eigenvalue weighted by atomic mass is 10.2. The number of ether oxygens (including phenoxy) is 1.